The Kier molecular flexibility index (Phi) is 5.70. The van der Waals surface area contributed by atoms with Crippen LogP contribution in [0.15, 0.2) is 23.2 Å². The van der Waals surface area contributed by atoms with Crippen molar-refractivity contribution in [3.05, 3.63) is 18.3 Å². The van der Waals surface area contributed by atoms with E-state index in [1.165, 1.54) is 12.3 Å². The number of nitrogens with zero attached hydrogens (tertiary/aromatic N) is 1. The van der Waals surface area contributed by atoms with Crippen LogP contribution in [0.25, 0.3) is 0 Å². The molecule has 0 saturated heterocycles. The van der Waals surface area contributed by atoms with Gasteiger partial charge in [0.2, 0.25) is 10.0 Å². The third-order valence-corrected chi connectivity index (χ3v) is 5.04. The quantitative estimate of drug-likeness (QED) is 0.747. The van der Waals surface area contributed by atoms with Crippen LogP contribution >= 0.6 is 0 Å². The Morgan fingerprint density at radius 3 is 2.78 bits per heavy atom. The first-order valence-corrected chi connectivity index (χ1v) is 8.45. The molecule has 0 bridgehead atoms. The smallest absolute Gasteiger partial charge is 0.244 e. The first-order chi connectivity index (χ1) is 8.51. The predicted molar refractivity (Wildman–Crippen MR) is 72.5 cm³/mol. The first kappa shape index (κ1) is 15.1. The fourth-order valence-electron chi connectivity index (χ4n) is 1.31. The highest BCUT2D eigenvalue weighted by Gasteiger charge is 2.18. The molecule has 1 heterocycles. The number of aromatic nitrogens is 1. The molecule has 1 aromatic heterocycles. The second kappa shape index (κ2) is 6.81. The average molecular weight is 291 g/mol. The minimum Gasteiger partial charge on any atom is -0.372 e. The van der Waals surface area contributed by atoms with Crippen molar-refractivity contribution in [2.24, 2.45) is 0 Å². The largest absolute Gasteiger partial charge is 0.372 e. The number of nitrogens with one attached hydrogen (secondary N) is 2. The van der Waals surface area contributed by atoms with Crippen LogP contribution < -0.4 is 10.0 Å². The van der Waals surface area contributed by atoms with Crippen molar-refractivity contribution < 1.29 is 12.6 Å². The highest BCUT2D eigenvalue weighted by Crippen LogP contribution is 2.16. The van der Waals surface area contributed by atoms with Gasteiger partial charge in [-0.05, 0) is 12.1 Å². The fourth-order valence-corrected chi connectivity index (χ4v) is 3.25. The number of hydrogen-bond donors (Lipinski definition) is 2. The van der Waals surface area contributed by atoms with Crippen LogP contribution in [0.3, 0.4) is 0 Å². The molecule has 0 aliphatic heterocycles. The summed E-state index contributed by atoms with van der Waals surface area (Å²) in [5.74, 6) is 1.13. The van der Waals surface area contributed by atoms with Crippen LogP contribution in [0.5, 0.6) is 0 Å². The predicted octanol–water partition coefficient (Wildman–Crippen LogP) is 0.170. The van der Waals surface area contributed by atoms with Crippen molar-refractivity contribution in [2.45, 2.75) is 11.8 Å². The van der Waals surface area contributed by atoms with E-state index in [1.807, 2.05) is 0 Å². The van der Waals surface area contributed by atoms with Gasteiger partial charge in [-0.2, -0.15) is 0 Å². The molecule has 18 heavy (non-hydrogen) atoms. The molecule has 0 aromatic carbocycles. The maximum absolute atomic E-state index is 12.0. The summed E-state index contributed by atoms with van der Waals surface area (Å²) in [6, 6.07) is 3.03. The van der Waals surface area contributed by atoms with Gasteiger partial charge in [-0.1, -0.05) is 6.92 Å². The van der Waals surface area contributed by atoms with Gasteiger partial charge in [0, 0.05) is 42.1 Å². The standard InChI is InChI=1S/C10H17N3O3S2/c1-3-17(14)8-7-13-18(15,16)9-5-4-6-12-10(9)11-2/h4-6,13H,3,7-8H2,1-2H3,(H,11,12). The minimum absolute atomic E-state index is 0.0924. The highest BCUT2D eigenvalue weighted by atomic mass is 32.2. The van der Waals surface area contributed by atoms with Crippen molar-refractivity contribution >= 4 is 26.6 Å². The van der Waals surface area contributed by atoms with Crippen LogP contribution in [-0.4, -0.2) is 42.7 Å². The Balaban J connectivity index is 2.77. The molecule has 0 spiro atoms. The van der Waals surface area contributed by atoms with Crippen molar-refractivity contribution in [3.63, 3.8) is 0 Å². The second-order valence-corrected chi connectivity index (χ2v) is 7.03. The van der Waals surface area contributed by atoms with E-state index in [2.05, 4.69) is 15.0 Å². The number of rotatable bonds is 7. The van der Waals surface area contributed by atoms with Gasteiger partial charge in [-0.15, -0.1) is 0 Å². The monoisotopic (exact) mass is 291 g/mol. The lowest BCUT2D eigenvalue weighted by molar-refractivity contribution is 0.584. The van der Waals surface area contributed by atoms with Crippen molar-refractivity contribution in [1.82, 2.24) is 9.71 Å². The van der Waals surface area contributed by atoms with Gasteiger partial charge in [-0.25, -0.2) is 18.1 Å². The zero-order valence-corrected chi connectivity index (χ0v) is 12.0. The van der Waals surface area contributed by atoms with Crippen molar-refractivity contribution in [1.29, 1.82) is 0 Å². The molecule has 0 amide bonds. The third kappa shape index (κ3) is 4.04. The second-order valence-electron chi connectivity index (χ2n) is 3.43. The molecule has 0 fully saturated rings. The summed E-state index contributed by atoms with van der Waals surface area (Å²) in [4.78, 5) is 4.02. The molecule has 1 aromatic rings. The molecule has 1 rings (SSSR count). The molecular formula is C10H17N3O3S2. The van der Waals surface area contributed by atoms with E-state index in [-0.39, 0.29) is 11.4 Å². The van der Waals surface area contributed by atoms with Crippen molar-refractivity contribution in [3.8, 4) is 0 Å². The summed E-state index contributed by atoms with van der Waals surface area (Å²) in [5, 5.41) is 2.72. The van der Waals surface area contributed by atoms with Crippen LogP contribution in [0.1, 0.15) is 6.92 Å². The summed E-state index contributed by atoms with van der Waals surface area (Å²) in [6.07, 6.45) is 1.51. The lowest BCUT2D eigenvalue weighted by Crippen LogP contribution is -2.28. The third-order valence-electron chi connectivity index (χ3n) is 2.24. The number of anilines is 1. The molecule has 1 unspecified atom stereocenters. The zero-order valence-electron chi connectivity index (χ0n) is 10.3. The molecule has 0 aliphatic rings. The fraction of sp³-hybridized carbons (Fsp3) is 0.500. The Hall–Kier alpha value is -0.990. The molecule has 1 atom stereocenters. The van der Waals surface area contributed by atoms with E-state index in [1.54, 1.807) is 20.0 Å². The van der Waals surface area contributed by atoms with E-state index >= 15 is 0 Å². The summed E-state index contributed by atoms with van der Waals surface area (Å²) in [5.41, 5.74) is 0. The molecule has 0 aliphatic carbocycles. The lowest BCUT2D eigenvalue weighted by Gasteiger charge is -2.09. The molecule has 102 valence electrons. The summed E-state index contributed by atoms with van der Waals surface area (Å²) < 4.78 is 37.6. The maximum Gasteiger partial charge on any atom is 0.244 e. The van der Waals surface area contributed by atoms with Gasteiger partial charge in [0.25, 0.3) is 0 Å². The number of hydrogen-bond acceptors (Lipinski definition) is 5. The van der Waals surface area contributed by atoms with Gasteiger partial charge in [-0.3, -0.25) is 4.21 Å². The Morgan fingerprint density at radius 2 is 2.17 bits per heavy atom. The molecular weight excluding hydrogens is 274 g/mol. The summed E-state index contributed by atoms with van der Waals surface area (Å²) in [7, 11) is -3.00. The van der Waals surface area contributed by atoms with Crippen LogP contribution in [0.2, 0.25) is 0 Å². The van der Waals surface area contributed by atoms with Gasteiger partial charge in [0.1, 0.15) is 10.7 Å². The summed E-state index contributed by atoms with van der Waals surface area (Å²) >= 11 is 0. The van der Waals surface area contributed by atoms with Gasteiger partial charge < -0.3 is 5.32 Å². The zero-order chi connectivity index (χ0) is 13.6. The van der Waals surface area contributed by atoms with Gasteiger partial charge in [0.15, 0.2) is 0 Å². The van der Waals surface area contributed by atoms with Crippen LogP contribution in [0.4, 0.5) is 5.82 Å². The Bertz CT molecular complexity index is 517. The molecule has 2 N–H and O–H groups in total. The van der Waals surface area contributed by atoms with Crippen molar-refractivity contribution in [2.75, 3.05) is 30.4 Å². The van der Waals surface area contributed by atoms with E-state index < -0.39 is 20.8 Å². The average Bonchev–Trinajstić information content (AvgIpc) is 2.38. The summed E-state index contributed by atoms with van der Waals surface area (Å²) in [6.45, 7) is 1.95. The lowest BCUT2D eigenvalue weighted by atomic mass is 10.5. The molecule has 8 heteroatoms. The van der Waals surface area contributed by atoms with E-state index in [4.69, 9.17) is 0 Å². The number of sulfonamides is 1. The van der Waals surface area contributed by atoms with E-state index in [0.717, 1.165) is 0 Å². The Labute approximate surface area is 110 Å². The first-order valence-electron chi connectivity index (χ1n) is 5.48. The molecule has 0 radical (unpaired) electrons. The highest BCUT2D eigenvalue weighted by molar-refractivity contribution is 7.89. The van der Waals surface area contributed by atoms with Crippen LogP contribution in [-0.2, 0) is 20.8 Å². The molecule has 6 nitrogen and oxygen atoms in total. The van der Waals surface area contributed by atoms with E-state index in [0.29, 0.717) is 17.3 Å². The van der Waals surface area contributed by atoms with Gasteiger partial charge >= 0.3 is 0 Å². The topological polar surface area (TPSA) is 88.2 Å². The number of pyridine rings is 1. The Morgan fingerprint density at radius 1 is 1.44 bits per heavy atom. The normalized spacial score (nSPS) is 13.2. The van der Waals surface area contributed by atoms with Crippen LogP contribution in [0, 0.1) is 0 Å². The maximum atomic E-state index is 12.0. The molecule has 0 saturated carbocycles. The van der Waals surface area contributed by atoms with E-state index in [9.17, 15) is 12.6 Å². The van der Waals surface area contributed by atoms with Gasteiger partial charge in [0.05, 0.1) is 0 Å². The SMILES string of the molecule is CCS(=O)CCNS(=O)(=O)c1cccnc1NC. The minimum atomic E-state index is -3.62.